The average molecular weight is 506 g/mol. The molecule has 1 aliphatic rings. The molecule has 1 aliphatic heterocycles. The van der Waals surface area contributed by atoms with Crippen molar-refractivity contribution in [3.8, 4) is 0 Å². The monoisotopic (exact) mass is 504 g/mol. The fourth-order valence-corrected chi connectivity index (χ4v) is 2.28. The number of pyridine rings is 2. The SMILES string of the molecule is CC1(C)N=C(c2ccncc2)[N+](=O)C1(C)C.O=C([O-])c1ccc(C(=O)[O-])nc1.[OH3+].[OH3+].[OH3+].[Zn]. The van der Waals surface area contributed by atoms with E-state index in [2.05, 4.69) is 15.0 Å². The van der Waals surface area contributed by atoms with Crippen LogP contribution in [0.3, 0.4) is 0 Å². The van der Waals surface area contributed by atoms with Crippen LogP contribution in [0.4, 0.5) is 0 Å². The Balaban J connectivity index is -0.000000482. The van der Waals surface area contributed by atoms with E-state index < -0.39 is 17.5 Å². The van der Waals surface area contributed by atoms with Gasteiger partial charge in [-0.25, -0.2) is 0 Å². The van der Waals surface area contributed by atoms with Gasteiger partial charge in [0.1, 0.15) is 0 Å². The second kappa shape index (κ2) is 12.8. The van der Waals surface area contributed by atoms with Gasteiger partial charge in [0.25, 0.3) is 0 Å². The van der Waals surface area contributed by atoms with Crippen LogP contribution in [0.25, 0.3) is 0 Å². The molecule has 0 saturated carbocycles. The topological polar surface area (TPSA) is 237 Å². The van der Waals surface area contributed by atoms with Crippen LogP contribution < -0.4 is 10.2 Å². The van der Waals surface area contributed by atoms with Crippen LogP contribution in [0.1, 0.15) is 54.1 Å². The summed E-state index contributed by atoms with van der Waals surface area (Å²) >= 11 is 0. The van der Waals surface area contributed by atoms with Crippen molar-refractivity contribution in [2.24, 2.45) is 4.99 Å². The number of nitrogens with zero attached hydrogens (tertiary/aromatic N) is 4. The summed E-state index contributed by atoms with van der Waals surface area (Å²) in [7, 11) is 0. The Morgan fingerprint density at radius 3 is 1.78 bits per heavy atom. The third-order valence-corrected chi connectivity index (χ3v) is 4.73. The van der Waals surface area contributed by atoms with E-state index in [0.717, 1.165) is 28.7 Å². The first-order valence-corrected chi connectivity index (χ1v) is 8.34. The Morgan fingerprint density at radius 1 is 0.906 bits per heavy atom. The molecule has 9 N–H and O–H groups in total. The Hall–Kier alpha value is -2.99. The number of aromatic nitrogens is 2. The smallest absolute Gasteiger partial charge is 0.364 e. The van der Waals surface area contributed by atoms with Gasteiger partial charge in [-0.05, 0) is 56.7 Å². The fourth-order valence-electron chi connectivity index (χ4n) is 2.28. The molecule has 172 valence electrons. The fraction of sp³-hybridized carbons (Fsp3) is 0.316. The van der Waals surface area contributed by atoms with E-state index in [1.54, 1.807) is 24.5 Å². The van der Waals surface area contributed by atoms with Crippen molar-refractivity contribution < 1.29 is 60.5 Å². The molecular weight excluding hydrogens is 478 g/mol. The number of carbonyl (C=O) groups excluding carboxylic acids is 2. The zero-order valence-electron chi connectivity index (χ0n) is 18.3. The van der Waals surface area contributed by atoms with Crippen LogP contribution in [0, 0.1) is 4.91 Å². The first-order chi connectivity index (χ1) is 13.0. The second-order valence-electron chi connectivity index (χ2n) is 7.09. The summed E-state index contributed by atoms with van der Waals surface area (Å²) < 4.78 is 1.00. The molecule has 3 rings (SSSR count). The number of aromatic carboxylic acids is 2. The zero-order valence-corrected chi connectivity index (χ0v) is 21.3. The van der Waals surface area contributed by atoms with E-state index in [9.17, 15) is 24.7 Å². The molecule has 0 bridgehead atoms. The number of carboxylic acid groups (broad SMARTS) is 2. The molecule has 0 unspecified atom stereocenters. The molecule has 0 amide bonds. The van der Waals surface area contributed by atoms with Crippen molar-refractivity contribution in [1.82, 2.24) is 9.97 Å². The molecule has 0 aromatic carbocycles. The normalized spacial score (nSPS) is 14.5. The van der Waals surface area contributed by atoms with E-state index in [0.29, 0.717) is 5.84 Å². The molecule has 2 aromatic heterocycles. The average Bonchev–Trinajstić information content (AvgIpc) is 2.82. The Labute approximate surface area is 196 Å². The summed E-state index contributed by atoms with van der Waals surface area (Å²) in [4.78, 5) is 44.3. The van der Waals surface area contributed by atoms with Gasteiger partial charge >= 0.3 is 5.84 Å². The first kappa shape index (κ1) is 33.6. The van der Waals surface area contributed by atoms with Gasteiger partial charge in [0, 0.05) is 43.6 Å². The molecule has 0 spiro atoms. The number of rotatable bonds is 3. The number of amidine groups is 1. The van der Waals surface area contributed by atoms with Crippen molar-refractivity contribution in [2.75, 3.05) is 0 Å². The second-order valence-corrected chi connectivity index (χ2v) is 7.09. The van der Waals surface area contributed by atoms with E-state index in [-0.39, 0.29) is 52.7 Å². The van der Waals surface area contributed by atoms with Gasteiger partial charge < -0.3 is 36.2 Å². The summed E-state index contributed by atoms with van der Waals surface area (Å²) in [6.07, 6.45) is 4.24. The molecule has 13 heteroatoms. The molecule has 12 nitrogen and oxygen atoms in total. The Kier molecular flexibility index (Phi) is 13.4. The van der Waals surface area contributed by atoms with E-state index in [4.69, 9.17) is 0 Å². The molecule has 0 atom stereocenters. The minimum absolute atomic E-state index is 0. The minimum Gasteiger partial charge on any atom is -0.545 e. The van der Waals surface area contributed by atoms with E-state index in [1.807, 2.05) is 27.7 Å². The molecule has 32 heavy (non-hydrogen) atoms. The van der Waals surface area contributed by atoms with Crippen LogP contribution in [0.2, 0.25) is 0 Å². The number of nitroso groups, excluding NO2 is 1. The molecule has 0 saturated heterocycles. The van der Waals surface area contributed by atoms with Gasteiger partial charge in [0.05, 0.1) is 23.2 Å². The van der Waals surface area contributed by atoms with Crippen LogP contribution >= 0.6 is 0 Å². The predicted octanol–water partition coefficient (Wildman–Crippen LogP) is -2.78. The van der Waals surface area contributed by atoms with Gasteiger partial charge in [-0.15, -0.1) is 0 Å². The van der Waals surface area contributed by atoms with Crippen molar-refractivity contribution in [1.29, 1.82) is 0 Å². The predicted molar refractivity (Wildman–Crippen MR) is 110 cm³/mol. The quantitative estimate of drug-likeness (QED) is 0.241. The molecular formula is C19H28N4O8Zn+2. The molecule has 0 radical (unpaired) electrons. The van der Waals surface area contributed by atoms with Crippen LogP contribution in [0.15, 0.2) is 47.8 Å². The number of hydrogen-bond acceptors (Lipinski definition) is 8. The molecule has 2 aromatic rings. The first-order valence-electron chi connectivity index (χ1n) is 8.34. The summed E-state index contributed by atoms with van der Waals surface area (Å²) in [6.45, 7) is 7.79. The van der Waals surface area contributed by atoms with Crippen LogP contribution in [-0.2, 0) is 35.9 Å². The molecule has 0 fully saturated rings. The van der Waals surface area contributed by atoms with Crippen molar-refractivity contribution >= 4 is 17.8 Å². The van der Waals surface area contributed by atoms with Gasteiger partial charge in [0.2, 0.25) is 0 Å². The van der Waals surface area contributed by atoms with Crippen molar-refractivity contribution in [3.63, 3.8) is 0 Å². The minimum atomic E-state index is -1.44. The Bertz CT molecular complexity index is 915. The number of carbonyl (C=O) groups is 2. The maximum Gasteiger partial charge on any atom is 0.364 e. The standard InChI is InChI=1S/C12H16N3O.C7H5NO4.3H2O.Zn/c1-11(2)12(3,4)15(16)10(14-11)9-5-7-13-8-6-9;9-6(10)4-1-2-5(7(11)12)8-3-4;;;;/h5-8H,1-4H3;1-3H,(H,9,10)(H,11,12);3*1H2;/q+1;;;;;/p+1. The van der Waals surface area contributed by atoms with Crippen molar-refractivity contribution in [3.05, 3.63) is 64.6 Å². The maximum atomic E-state index is 12.2. The van der Waals surface area contributed by atoms with E-state index >= 15 is 0 Å². The van der Waals surface area contributed by atoms with Crippen LogP contribution in [-0.4, -0.2) is 43.6 Å². The zero-order chi connectivity index (χ0) is 21.1. The third-order valence-electron chi connectivity index (χ3n) is 4.73. The van der Waals surface area contributed by atoms with Gasteiger partial charge in [-0.3, -0.25) is 9.97 Å². The largest absolute Gasteiger partial charge is 0.545 e. The summed E-state index contributed by atoms with van der Waals surface area (Å²) in [5, 5.41) is 20.3. The van der Waals surface area contributed by atoms with Crippen molar-refractivity contribution in [2.45, 2.75) is 38.8 Å². The third kappa shape index (κ3) is 7.02. The maximum absolute atomic E-state index is 12.2. The summed E-state index contributed by atoms with van der Waals surface area (Å²) in [5.41, 5.74) is -0.553. The number of aliphatic imine (C=N–C) groups is 1. The molecule has 0 aliphatic carbocycles. The molecule has 3 heterocycles. The van der Waals surface area contributed by atoms with Gasteiger partial charge in [0.15, 0.2) is 11.1 Å². The number of hydrogen-bond donors (Lipinski definition) is 0. The summed E-state index contributed by atoms with van der Waals surface area (Å²) in [6, 6.07) is 5.75. The van der Waals surface area contributed by atoms with Gasteiger partial charge in [-0.2, -0.15) is 0 Å². The summed E-state index contributed by atoms with van der Waals surface area (Å²) in [5.74, 6) is -2.34. The van der Waals surface area contributed by atoms with E-state index in [1.165, 1.54) is 0 Å². The van der Waals surface area contributed by atoms with Crippen LogP contribution in [0.5, 0.6) is 0 Å². The Morgan fingerprint density at radius 2 is 1.44 bits per heavy atom. The number of carboxylic acids is 2. The van der Waals surface area contributed by atoms with Gasteiger partial charge in [-0.1, -0.05) is 9.90 Å².